The van der Waals surface area contributed by atoms with Crippen LogP contribution in [-0.4, -0.2) is 26.3 Å². The average molecular weight is 182 g/mol. The highest BCUT2D eigenvalue weighted by Gasteiger charge is 2.38. The highest BCUT2D eigenvalue weighted by atomic mass is 32.3. The minimum absolute atomic E-state index is 0.238. The van der Waals surface area contributed by atoms with Crippen molar-refractivity contribution in [2.24, 2.45) is 0 Å². The molecule has 1 heterocycles. The first-order valence-corrected chi connectivity index (χ1v) is 4.04. The van der Waals surface area contributed by atoms with Crippen LogP contribution in [0.2, 0.25) is 0 Å². The molecule has 8 heteroatoms. The van der Waals surface area contributed by atoms with E-state index in [0.29, 0.717) is 5.23 Å². The molecule has 0 spiro atoms. The van der Waals surface area contributed by atoms with E-state index in [9.17, 15) is 8.42 Å². The number of hydrogen-bond acceptors (Lipinski definition) is 6. The normalized spacial score (nSPS) is 20.6. The Morgan fingerprint density at radius 3 is 2.55 bits per heavy atom. The van der Waals surface area contributed by atoms with Crippen LogP contribution in [0.1, 0.15) is 6.92 Å². The summed E-state index contributed by atoms with van der Waals surface area (Å²) in [5.74, 6) is 0. The van der Waals surface area contributed by atoms with Gasteiger partial charge in [-0.05, 0) is 12.2 Å². The first-order valence-electron chi connectivity index (χ1n) is 2.71. The lowest BCUT2D eigenvalue weighted by molar-refractivity contribution is -0.280. The van der Waals surface area contributed by atoms with Gasteiger partial charge in [0.15, 0.2) is 0 Å². The Labute approximate surface area is 63.2 Å². The maximum absolute atomic E-state index is 10.2. The zero-order valence-corrected chi connectivity index (χ0v) is 6.42. The smallest absolute Gasteiger partial charge is 0.446 e. The second kappa shape index (κ2) is 2.64. The second-order valence-electron chi connectivity index (χ2n) is 1.55. The first-order chi connectivity index (χ1) is 5.05. The van der Waals surface area contributed by atoms with Crippen LogP contribution in [-0.2, 0) is 23.7 Å². The van der Waals surface area contributed by atoms with Crippen molar-refractivity contribution in [3.63, 3.8) is 0 Å². The van der Waals surface area contributed by atoms with Gasteiger partial charge in [0.1, 0.15) is 0 Å². The molecule has 0 bridgehead atoms. The van der Waals surface area contributed by atoms with Gasteiger partial charge >= 0.3 is 16.4 Å². The summed E-state index contributed by atoms with van der Waals surface area (Å²) in [7, 11) is -3.89. The summed E-state index contributed by atoms with van der Waals surface area (Å²) in [6.07, 6.45) is 0. The molecule has 0 unspecified atom stereocenters. The van der Waals surface area contributed by atoms with Crippen LogP contribution in [0.4, 0.5) is 0 Å². The van der Waals surface area contributed by atoms with E-state index >= 15 is 0 Å². The molecule has 0 aromatic rings. The van der Waals surface area contributed by atoms with Crippen molar-refractivity contribution in [3.8, 4) is 0 Å². The third-order valence-electron chi connectivity index (χ3n) is 0.765. The minimum atomic E-state index is -3.89. The molecule has 0 aliphatic carbocycles. The SMILES string of the molecule is CCOC(=N)N1OS(=O)(=O)O1. The Kier molecular flexibility index (Phi) is 1.98. The van der Waals surface area contributed by atoms with E-state index in [1.165, 1.54) is 0 Å². The molecule has 7 nitrogen and oxygen atoms in total. The average Bonchev–Trinajstić information content (AvgIpc) is 1.83. The van der Waals surface area contributed by atoms with Gasteiger partial charge in [0.05, 0.1) is 6.61 Å². The van der Waals surface area contributed by atoms with Crippen LogP contribution in [0.3, 0.4) is 0 Å². The van der Waals surface area contributed by atoms with Crippen LogP contribution in [0.5, 0.6) is 0 Å². The molecule has 64 valence electrons. The number of ether oxygens (including phenoxy) is 1. The maximum Gasteiger partial charge on any atom is 0.446 e. The highest BCUT2D eigenvalue weighted by molar-refractivity contribution is 7.82. The molecule has 0 amide bonds. The molecule has 1 N–H and O–H groups in total. The van der Waals surface area contributed by atoms with Crippen molar-refractivity contribution in [2.75, 3.05) is 6.61 Å². The lowest BCUT2D eigenvalue weighted by atomic mass is 10.9. The fourth-order valence-electron chi connectivity index (χ4n) is 0.429. The third kappa shape index (κ3) is 1.79. The Balaban J connectivity index is 2.38. The molecule has 0 radical (unpaired) electrons. The number of nitrogens with one attached hydrogen (secondary N) is 1. The molecule has 11 heavy (non-hydrogen) atoms. The molecule has 0 aromatic heterocycles. The fourth-order valence-corrected chi connectivity index (χ4v) is 0.907. The minimum Gasteiger partial charge on any atom is -0.463 e. The Morgan fingerprint density at radius 1 is 1.64 bits per heavy atom. The number of nitrogens with zero attached hydrogens (tertiary/aromatic N) is 1. The molecule has 1 fully saturated rings. The van der Waals surface area contributed by atoms with Crippen molar-refractivity contribution >= 4 is 16.4 Å². The maximum atomic E-state index is 10.2. The number of hydroxylamine groups is 2. The monoisotopic (exact) mass is 182 g/mol. The predicted molar refractivity (Wildman–Crippen MR) is 32.3 cm³/mol. The highest BCUT2D eigenvalue weighted by Crippen LogP contribution is 2.16. The molecule has 1 rings (SSSR count). The van der Waals surface area contributed by atoms with Gasteiger partial charge in [0.2, 0.25) is 0 Å². The molecule has 0 atom stereocenters. The molecule has 0 saturated carbocycles. The lowest BCUT2D eigenvalue weighted by Crippen LogP contribution is -2.46. The van der Waals surface area contributed by atoms with Gasteiger partial charge in [0.25, 0.3) is 0 Å². The van der Waals surface area contributed by atoms with Gasteiger partial charge < -0.3 is 4.74 Å². The van der Waals surface area contributed by atoms with Gasteiger partial charge in [-0.15, -0.1) is 0 Å². The van der Waals surface area contributed by atoms with E-state index in [-0.39, 0.29) is 6.61 Å². The molecular weight excluding hydrogens is 176 g/mol. The Hall–Kier alpha value is -0.860. The largest absolute Gasteiger partial charge is 0.463 e. The summed E-state index contributed by atoms with van der Waals surface area (Å²) < 4.78 is 32.8. The molecule has 1 aliphatic heterocycles. The van der Waals surface area contributed by atoms with Crippen molar-refractivity contribution in [1.82, 2.24) is 5.23 Å². The van der Waals surface area contributed by atoms with Gasteiger partial charge in [0, 0.05) is 0 Å². The van der Waals surface area contributed by atoms with E-state index in [2.05, 4.69) is 13.3 Å². The van der Waals surface area contributed by atoms with Crippen LogP contribution in [0.25, 0.3) is 0 Å². The summed E-state index contributed by atoms with van der Waals surface area (Å²) in [5.41, 5.74) is 0. The number of hydrogen-bond donors (Lipinski definition) is 1. The first kappa shape index (κ1) is 8.24. The summed E-state index contributed by atoms with van der Waals surface area (Å²) >= 11 is 0. The summed E-state index contributed by atoms with van der Waals surface area (Å²) in [6.45, 7) is 1.88. The number of rotatable bonds is 1. The van der Waals surface area contributed by atoms with Gasteiger partial charge in [-0.25, -0.2) is 5.41 Å². The van der Waals surface area contributed by atoms with Crippen LogP contribution in [0.15, 0.2) is 0 Å². The zero-order chi connectivity index (χ0) is 8.48. The fraction of sp³-hybridized carbons (Fsp3) is 0.667. The second-order valence-corrected chi connectivity index (χ2v) is 2.67. The van der Waals surface area contributed by atoms with Crippen molar-refractivity contribution in [2.45, 2.75) is 6.92 Å². The van der Waals surface area contributed by atoms with Crippen LogP contribution in [0, 0.1) is 5.41 Å². The molecule has 0 aromatic carbocycles. The van der Waals surface area contributed by atoms with Gasteiger partial charge in [-0.3, -0.25) is 0 Å². The standard InChI is InChI=1S/C3H6N2O5S/c1-2-8-3(4)5-9-11(6,7)10-5/h4H,2H2,1H3. The lowest BCUT2D eigenvalue weighted by Gasteiger charge is -2.25. The van der Waals surface area contributed by atoms with E-state index in [0.717, 1.165) is 0 Å². The zero-order valence-electron chi connectivity index (χ0n) is 5.60. The topological polar surface area (TPSA) is 88.9 Å². The Bertz CT molecular complexity index is 247. The molecule has 1 saturated heterocycles. The van der Waals surface area contributed by atoms with Gasteiger partial charge in [-0.1, -0.05) is 8.57 Å². The van der Waals surface area contributed by atoms with Crippen molar-refractivity contribution < 1.29 is 21.7 Å². The number of amidine groups is 1. The molecule has 1 aliphatic rings. The predicted octanol–water partition coefficient (Wildman–Crippen LogP) is -0.619. The summed E-state index contributed by atoms with van der Waals surface area (Å²) in [5, 5.41) is 7.27. The van der Waals surface area contributed by atoms with Crippen molar-refractivity contribution in [1.29, 1.82) is 5.41 Å². The summed E-state index contributed by atoms with van der Waals surface area (Å²) in [6, 6.07) is -0.498. The van der Waals surface area contributed by atoms with Crippen molar-refractivity contribution in [3.05, 3.63) is 0 Å². The summed E-state index contributed by atoms with van der Waals surface area (Å²) in [4.78, 5) is 0. The van der Waals surface area contributed by atoms with Crippen LogP contribution >= 0.6 is 0 Å². The van der Waals surface area contributed by atoms with E-state index in [1.54, 1.807) is 6.92 Å². The van der Waals surface area contributed by atoms with Gasteiger partial charge in [-0.2, -0.15) is 8.42 Å². The third-order valence-corrected chi connectivity index (χ3v) is 1.40. The van der Waals surface area contributed by atoms with Crippen LogP contribution < -0.4 is 0 Å². The molecular formula is C3H6N2O5S. The van der Waals surface area contributed by atoms with E-state index < -0.39 is 16.4 Å². The Morgan fingerprint density at radius 2 is 2.18 bits per heavy atom. The van der Waals surface area contributed by atoms with E-state index in [4.69, 9.17) is 5.41 Å². The quantitative estimate of drug-likeness (QED) is 0.429. The van der Waals surface area contributed by atoms with E-state index in [1.807, 2.05) is 0 Å².